The van der Waals surface area contributed by atoms with Crippen molar-refractivity contribution < 1.29 is 24.0 Å². The van der Waals surface area contributed by atoms with Gasteiger partial charge in [0.05, 0.1) is 30.7 Å². The van der Waals surface area contributed by atoms with E-state index in [1.54, 1.807) is 24.3 Å². The molecule has 0 bridgehead atoms. The van der Waals surface area contributed by atoms with Crippen LogP contribution in [0.4, 0.5) is 17.1 Å². The molecule has 0 unspecified atom stereocenters. The highest BCUT2D eigenvalue weighted by molar-refractivity contribution is 6.04. The van der Waals surface area contributed by atoms with Crippen LogP contribution in [0.2, 0.25) is 0 Å². The first-order chi connectivity index (χ1) is 13.4. The molecule has 28 heavy (non-hydrogen) atoms. The lowest BCUT2D eigenvalue weighted by Gasteiger charge is -2.20. The molecule has 2 aromatic rings. The van der Waals surface area contributed by atoms with Crippen molar-refractivity contribution in [2.24, 2.45) is 5.92 Å². The van der Waals surface area contributed by atoms with Gasteiger partial charge >= 0.3 is 0 Å². The molecule has 9 nitrogen and oxygen atoms in total. The van der Waals surface area contributed by atoms with Crippen LogP contribution < -0.4 is 19.7 Å². The molecule has 1 N–H and O–H groups in total. The third kappa shape index (κ3) is 3.88. The van der Waals surface area contributed by atoms with Gasteiger partial charge in [-0.2, -0.15) is 0 Å². The van der Waals surface area contributed by atoms with Crippen LogP contribution in [0.5, 0.6) is 11.5 Å². The van der Waals surface area contributed by atoms with Crippen molar-refractivity contribution in [2.75, 3.05) is 31.0 Å². The first-order valence-corrected chi connectivity index (χ1v) is 8.50. The van der Waals surface area contributed by atoms with Crippen molar-refractivity contribution in [3.05, 3.63) is 52.6 Å². The van der Waals surface area contributed by atoms with E-state index in [0.29, 0.717) is 22.9 Å². The molecule has 3 rings (SSSR count). The number of anilines is 2. The number of ether oxygens (including phenoxy) is 2. The number of non-ortho nitro benzene ring substituents is 1. The number of carbonyl (C=O) groups is 2. The topological polar surface area (TPSA) is 111 Å². The average Bonchev–Trinajstić information content (AvgIpc) is 3.09. The van der Waals surface area contributed by atoms with E-state index in [9.17, 15) is 19.7 Å². The largest absolute Gasteiger partial charge is 0.497 e. The van der Waals surface area contributed by atoms with Crippen LogP contribution in [0.1, 0.15) is 6.42 Å². The second-order valence-corrected chi connectivity index (χ2v) is 6.24. The number of rotatable bonds is 6. The van der Waals surface area contributed by atoms with Crippen molar-refractivity contribution in [3.8, 4) is 11.5 Å². The van der Waals surface area contributed by atoms with Gasteiger partial charge in [0.1, 0.15) is 11.5 Å². The first-order valence-electron chi connectivity index (χ1n) is 8.50. The highest BCUT2D eigenvalue weighted by Crippen LogP contribution is 2.36. The Bertz CT molecular complexity index is 930. The van der Waals surface area contributed by atoms with Gasteiger partial charge in [0, 0.05) is 36.9 Å². The summed E-state index contributed by atoms with van der Waals surface area (Å²) in [6, 6.07) is 10.7. The van der Waals surface area contributed by atoms with Crippen molar-refractivity contribution in [3.63, 3.8) is 0 Å². The van der Waals surface area contributed by atoms with Crippen molar-refractivity contribution in [1.82, 2.24) is 0 Å². The Morgan fingerprint density at radius 1 is 1.21 bits per heavy atom. The predicted octanol–water partition coefficient (Wildman–Crippen LogP) is 2.60. The quantitative estimate of drug-likeness (QED) is 0.604. The minimum atomic E-state index is -0.585. The van der Waals surface area contributed by atoms with E-state index in [2.05, 4.69) is 5.32 Å². The number of methoxy groups -OCH3 is 2. The lowest BCUT2D eigenvalue weighted by Crippen LogP contribution is -2.28. The van der Waals surface area contributed by atoms with Crippen molar-refractivity contribution >= 4 is 28.9 Å². The van der Waals surface area contributed by atoms with Gasteiger partial charge in [0.15, 0.2) is 0 Å². The Balaban J connectivity index is 1.75. The van der Waals surface area contributed by atoms with Crippen molar-refractivity contribution in [2.45, 2.75) is 6.42 Å². The number of nitro groups is 1. The normalized spacial score (nSPS) is 16.0. The Labute approximate surface area is 161 Å². The zero-order valence-corrected chi connectivity index (χ0v) is 15.4. The van der Waals surface area contributed by atoms with Crippen LogP contribution in [-0.2, 0) is 9.59 Å². The Hall–Kier alpha value is -3.62. The molecule has 2 aromatic carbocycles. The number of hydrogen-bond acceptors (Lipinski definition) is 6. The molecule has 0 aliphatic carbocycles. The van der Waals surface area contributed by atoms with E-state index in [0.717, 1.165) is 0 Å². The minimum absolute atomic E-state index is 0.0376. The summed E-state index contributed by atoms with van der Waals surface area (Å²) in [5, 5.41) is 13.5. The molecule has 2 amide bonds. The first kappa shape index (κ1) is 19.2. The SMILES string of the molecule is COc1ccc(N2C[C@H](C(=O)Nc3cccc([N+](=O)[O-])c3)CC2=O)c(OC)c1. The van der Waals surface area contributed by atoms with E-state index in [1.165, 1.54) is 37.3 Å². The highest BCUT2D eigenvalue weighted by atomic mass is 16.6. The molecular weight excluding hydrogens is 366 g/mol. The van der Waals surface area contributed by atoms with Gasteiger partial charge in [-0.15, -0.1) is 0 Å². The zero-order valence-electron chi connectivity index (χ0n) is 15.4. The van der Waals surface area contributed by atoms with E-state index >= 15 is 0 Å². The molecule has 1 aliphatic heterocycles. The highest BCUT2D eigenvalue weighted by Gasteiger charge is 2.36. The fraction of sp³-hybridized carbons (Fsp3) is 0.263. The van der Waals surface area contributed by atoms with Gasteiger partial charge in [-0.1, -0.05) is 6.07 Å². The molecule has 0 aromatic heterocycles. The molecule has 146 valence electrons. The Kier molecular flexibility index (Phi) is 5.44. The van der Waals surface area contributed by atoms with Crippen LogP contribution in [0.15, 0.2) is 42.5 Å². The molecule has 0 radical (unpaired) electrons. The average molecular weight is 385 g/mol. The number of carbonyl (C=O) groups excluding carboxylic acids is 2. The molecule has 1 fully saturated rings. The fourth-order valence-electron chi connectivity index (χ4n) is 3.07. The number of amides is 2. The van der Waals surface area contributed by atoms with Gasteiger partial charge in [-0.3, -0.25) is 19.7 Å². The summed E-state index contributed by atoms with van der Waals surface area (Å²) < 4.78 is 10.5. The molecule has 1 aliphatic rings. The molecular formula is C19H19N3O6. The molecule has 1 atom stereocenters. The molecule has 0 spiro atoms. The second-order valence-electron chi connectivity index (χ2n) is 6.24. The van der Waals surface area contributed by atoms with E-state index < -0.39 is 10.8 Å². The number of nitrogens with one attached hydrogen (secondary N) is 1. The monoisotopic (exact) mass is 385 g/mol. The predicted molar refractivity (Wildman–Crippen MR) is 102 cm³/mol. The molecule has 9 heteroatoms. The van der Waals surface area contributed by atoms with Gasteiger partial charge in [-0.25, -0.2) is 0 Å². The maximum absolute atomic E-state index is 12.6. The lowest BCUT2D eigenvalue weighted by molar-refractivity contribution is -0.384. The van der Waals surface area contributed by atoms with Gasteiger partial charge in [-0.05, 0) is 18.2 Å². The summed E-state index contributed by atoms with van der Waals surface area (Å²) in [6.45, 7) is 0.183. The van der Waals surface area contributed by atoms with Crippen LogP contribution in [0.25, 0.3) is 0 Å². The summed E-state index contributed by atoms with van der Waals surface area (Å²) in [5.74, 6) is -0.107. The van der Waals surface area contributed by atoms with Crippen LogP contribution in [-0.4, -0.2) is 37.5 Å². The van der Waals surface area contributed by atoms with Gasteiger partial charge < -0.3 is 19.7 Å². The molecule has 0 saturated carbocycles. The minimum Gasteiger partial charge on any atom is -0.497 e. The fourth-order valence-corrected chi connectivity index (χ4v) is 3.07. The van der Waals surface area contributed by atoms with Crippen molar-refractivity contribution in [1.29, 1.82) is 0 Å². The summed E-state index contributed by atoms with van der Waals surface area (Å²) in [4.78, 5) is 36.9. The maximum atomic E-state index is 12.6. The Morgan fingerprint density at radius 2 is 2.00 bits per heavy atom. The van der Waals surface area contributed by atoms with E-state index in [-0.39, 0.29) is 30.5 Å². The summed E-state index contributed by atoms with van der Waals surface area (Å²) >= 11 is 0. The second kappa shape index (κ2) is 7.95. The number of hydrogen-bond donors (Lipinski definition) is 1. The van der Waals surface area contributed by atoms with Crippen LogP contribution >= 0.6 is 0 Å². The van der Waals surface area contributed by atoms with E-state index in [1.807, 2.05) is 0 Å². The van der Waals surface area contributed by atoms with Crippen LogP contribution in [0, 0.1) is 16.0 Å². The standard InChI is InChI=1S/C19H19N3O6/c1-27-15-6-7-16(17(10-15)28-2)21-11-12(8-18(21)23)19(24)20-13-4-3-5-14(9-13)22(25)26/h3-7,9-10,12H,8,11H2,1-2H3,(H,20,24)/t12-/m1/s1. The summed E-state index contributed by atoms with van der Waals surface area (Å²) in [7, 11) is 3.02. The lowest BCUT2D eigenvalue weighted by atomic mass is 10.1. The number of nitro benzene ring substituents is 1. The van der Waals surface area contributed by atoms with E-state index in [4.69, 9.17) is 9.47 Å². The third-order valence-corrected chi connectivity index (χ3v) is 4.50. The van der Waals surface area contributed by atoms with Crippen LogP contribution in [0.3, 0.4) is 0 Å². The Morgan fingerprint density at radius 3 is 2.68 bits per heavy atom. The number of nitrogens with zero attached hydrogens (tertiary/aromatic N) is 2. The number of benzene rings is 2. The smallest absolute Gasteiger partial charge is 0.271 e. The van der Waals surface area contributed by atoms with Gasteiger partial charge in [0.2, 0.25) is 11.8 Å². The maximum Gasteiger partial charge on any atom is 0.271 e. The molecule has 1 saturated heterocycles. The molecule has 1 heterocycles. The summed E-state index contributed by atoms with van der Waals surface area (Å²) in [6.07, 6.45) is 0.0376. The van der Waals surface area contributed by atoms with Gasteiger partial charge in [0.25, 0.3) is 5.69 Å². The summed E-state index contributed by atoms with van der Waals surface area (Å²) in [5.41, 5.74) is 0.746. The third-order valence-electron chi connectivity index (χ3n) is 4.50. The zero-order chi connectivity index (χ0) is 20.3.